The Kier molecular flexibility index (Phi) is 57.1. The first-order chi connectivity index (χ1) is 34.0. The monoisotopic (exact) mass is 973 g/mol. The van der Waals surface area contributed by atoms with Crippen LogP contribution in [0.4, 0.5) is 0 Å². The second-order valence-corrected chi connectivity index (χ2v) is 21.3. The summed E-state index contributed by atoms with van der Waals surface area (Å²) in [6.45, 7) is 6.69. The fraction of sp³-hybridized carbons (Fsp3) is 0.921. The highest BCUT2D eigenvalue weighted by Gasteiger charge is 2.19. The summed E-state index contributed by atoms with van der Waals surface area (Å²) in [7, 11) is 0. The van der Waals surface area contributed by atoms with E-state index >= 15 is 0 Å². The largest absolute Gasteiger partial charge is 0.462 e. The van der Waals surface area contributed by atoms with Crippen LogP contribution < -0.4 is 0 Å². The van der Waals surface area contributed by atoms with Crippen LogP contribution in [-0.4, -0.2) is 37.2 Å². The third-order valence-electron chi connectivity index (χ3n) is 14.3. The Morgan fingerprint density at radius 2 is 0.478 bits per heavy atom. The molecule has 0 aromatic carbocycles. The van der Waals surface area contributed by atoms with Gasteiger partial charge in [-0.3, -0.25) is 14.4 Å². The van der Waals surface area contributed by atoms with Crippen molar-refractivity contribution in [1.82, 2.24) is 0 Å². The van der Waals surface area contributed by atoms with Gasteiger partial charge in [-0.1, -0.05) is 303 Å². The van der Waals surface area contributed by atoms with Gasteiger partial charge in [0.05, 0.1) is 0 Å². The van der Waals surface area contributed by atoms with E-state index in [-0.39, 0.29) is 31.1 Å². The highest BCUT2D eigenvalue weighted by Crippen LogP contribution is 2.18. The molecule has 0 bridgehead atoms. The number of carbonyl (C=O) groups excluding carboxylic acids is 3. The van der Waals surface area contributed by atoms with Crippen molar-refractivity contribution >= 4 is 17.9 Å². The predicted molar refractivity (Wildman–Crippen MR) is 298 cm³/mol. The number of allylic oxidation sites excluding steroid dienone is 2. The minimum absolute atomic E-state index is 0.0662. The third kappa shape index (κ3) is 56.9. The predicted octanol–water partition coefficient (Wildman–Crippen LogP) is 20.9. The summed E-state index contributed by atoms with van der Waals surface area (Å²) in [5, 5.41) is 0. The Bertz CT molecular complexity index is 1070. The number of unbranched alkanes of at least 4 members (excludes halogenated alkanes) is 45. The zero-order chi connectivity index (χ0) is 50.0. The molecule has 0 aromatic rings. The molecule has 0 rings (SSSR count). The van der Waals surface area contributed by atoms with Crippen LogP contribution in [0.15, 0.2) is 12.2 Å². The summed E-state index contributed by atoms with van der Waals surface area (Å²) in [5.41, 5.74) is 0. The molecule has 0 amide bonds. The maximum absolute atomic E-state index is 12.9. The summed E-state index contributed by atoms with van der Waals surface area (Å²) < 4.78 is 16.9. The van der Waals surface area contributed by atoms with E-state index in [2.05, 4.69) is 32.9 Å². The van der Waals surface area contributed by atoms with Gasteiger partial charge in [0.25, 0.3) is 0 Å². The number of hydrogen-bond donors (Lipinski definition) is 0. The van der Waals surface area contributed by atoms with Crippen LogP contribution in [0.25, 0.3) is 0 Å². The summed E-state index contributed by atoms with van der Waals surface area (Å²) in [5.74, 6) is -0.847. The Morgan fingerprint density at radius 3 is 0.739 bits per heavy atom. The van der Waals surface area contributed by atoms with Gasteiger partial charge in [0.1, 0.15) is 13.2 Å². The van der Waals surface area contributed by atoms with Crippen molar-refractivity contribution in [2.24, 2.45) is 0 Å². The summed E-state index contributed by atoms with van der Waals surface area (Å²) in [6.07, 6.45) is 67.9. The Hall–Kier alpha value is -1.85. The Morgan fingerprint density at radius 1 is 0.275 bits per heavy atom. The lowest BCUT2D eigenvalue weighted by Crippen LogP contribution is -2.30. The molecule has 0 radical (unpaired) electrons. The van der Waals surface area contributed by atoms with E-state index in [1.807, 2.05) is 0 Å². The van der Waals surface area contributed by atoms with Crippen LogP contribution >= 0.6 is 0 Å². The Labute approximate surface area is 431 Å². The quantitative estimate of drug-likeness (QED) is 0.0261. The second-order valence-electron chi connectivity index (χ2n) is 21.3. The van der Waals surface area contributed by atoms with Gasteiger partial charge in [0.2, 0.25) is 0 Å². The van der Waals surface area contributed by atoms with Crippen molar-refractivity contribution in [3.05, 3.63) is 12.2 Å². The Balaban J connectivity index is 4.24. The molecule has 0 N–H and O–H groups in total. The van der Waals surface area contributed by atoms with Gasteiger partial charge >= 0.3 is 17.9 Å². The average Bonchev–Trinajstić information content (AvgIpc) is 3.35. The molecule has 6 nitrogen and oxygen atoms in total. The molecule has 0 aromatic heterocycles. The van der Waals surface area contributed by atoms with E-state index in [9.17, 15) is 14.4 Å². The topological polar surface area (TPSA) is 78.9 Å². The van der Waals surface area contributed by atoms with Crippen molar-refractivity contribution in [3.8, 4) is 0 Å². The normalized spacial score (nSPS) is 12.0. The molecule has 6 heteroatoms. The van der Waals surface area contributed by atoms with E-state index in [1.54, 1.807) is 0 Å². The lowest BCUT2D eigenvalue weighted by molar-refractivity contribution is -0.167. The zero-order valence-corrected chi connectivity index (χ0v) is 46.9. The van der Waals surface area contributed by atoms with Gasteiger partial charge in [-0.05, 0) is 44.9 Å². The van der Waals surface area contributed by atoms with Crippen LogP contribution in [0, 0.1) is 0 Å². The van der Waals surface area contributed by atoms with Crippen molar-refractivity contribution in [1.29, 1.82) is 0 Å². The second kappa shape index (κ2) is 58.7. The first-order valence-corrected chi connectivity index (χ1v) is 31.2. The van der Waals surface area contributed by atoms with Gasteiger partial charge in [-0.15, -0.1) is 0 Å². The van der Waals surface area contributed by atoms with Gasteiger partial charge < -0.3 is 14.2 Å². The lowest BCUT2D eigenvalue weighted by atomic mass is 10.0. The molecule has 0 spiro atoms. The molecular weight excluding hydrogens is 853 g/mol. The van der Waals surface area contributed by atoms with Gasteiger partial charge in [-0.25, -0.2) is 0 Å². The molecule has 0 heterocycles. The van der Waals surface area contributed by atoms with Crippen LogP contribution in [0.3, 0.4) is 0 Å². The van der Waals surface area contributed by atoms with E-state index < -0.39 is 6.10 Å². The van der Waals surface area contributed by atoms with Gasteiger partial charge in [-0.2, -0.15) is 0 Å². The maximum Gasteiger partial charge on any atom is 0.306 e. The number of carbonyl (C=O) groups is 3. The smallest absolute Gasteiger partial charge is 0.306 e. The summed E-state index contributed by atoms with van der Waals surface area (Å²) >= 11 is 0. The highest BCUT2D eigenvalue weighted by molar-refractivity contribution is 5.71. The number of hydrogen-bond acceptors (Lipinski definition) is 6. The summed E-state index contributed by atoms with van der Waals surface area (Å²) in [4.78, 5) is 38.2. The van der Waals surface area contributed by atoms with Gasteiger partial charge in [0, 0.05) is 19.3 Å². The molecule has 1 atom stereocenters. The molecule has 1 unspecified atom stereocenters. The molecule has 0 saturated heterocycles. The van der Waals surface area contributed by atoms with Crippen molar-refractivity contribution in [2.45, 2.75) is 361 Å². The van der Waals surface area contributed by atoms with Crippen molar-refractivity contribution < 1.29 is 28.6 Å². The summed E-state index contributed by atoms with van der Waals surface area (Å²) in [6, 6.07) is 0. The maximum atomic E-state index is 12.9. The molecule has 0 aliphatic heterocycles. The van der Waals surface area contributed by atoms with Crippen LogP contribution in [0.2, 0.25) is 0 Å². The van der Waals surface area contributed by atoms with E-state index in [0.717, 1.165) is 64.2 Å². The number of ether oxygens (including phenoxy) is 3. The van der Waals surface area contributed by atoms with Crippen molar-refractivity contribution in [3.63, 3.8) is 0 Å². The van der Waals surface area contributed by atoms with Crippen LogP contribution in [0.1, 0.15) is 355 Å². The lowest BCUT2D eigenvalue weighted by Gasteiger charge is -2.18. The molecule has 0 aliphatic rings. The minimum atomic E-state index is -0.768. The van der Waals surface area contributed by atoms with E-state index in [4.69, 9.17) is 14.2 Å². The van der Waals surface area contributed by atoms with Crippen LogP contribution in [0.5, 0.6) is 0 Å². The minimum Gasteiger partial charge on any atom is -0.462 e. The number of rotatable bonds is 58. The third-order valence-corrected chi connectivity index (χ3v) is 14.3. The molecule has 0 saturated carbocycles. The average molecular weight is 974 g/mol. The van der Waals surface area contributed by atoms with E-state index in [1.165, 1.54) is 250 Å². The zero-order valence-electron chi connectivity index (χ0n) is 46.9. The molecule has 0 fully saturated rings. The first-order valence-electron chi connectivity index (χ1n) is 31.2. The number of esters is 3. The van der Waals surface area contributed by atoms with Gasteiger partial charge in [0.15, 0.2) is 6.10 Å². The fourth-order valence-electron chi connectivity index (χ4n) is 9.56. The standard InChI is InChI=1S/C63H120O6/c1-4-7-10-13-16-19-22-25-27-29-30-31-32-33-34-36-38-41-44-47-50-53-56-62(65)68-59-60(58-67-61(64)55-52-49-46-43-40-37-24-21-18-15-12-9-6-3)69-63(66)57-54-51-48-45-42-39-35-28-26-23-20-17-14-11-8-5-2/h21,24,60H,4-20,22-23,25-59H2,1-3H3/b24-21-. The molecular formula is C63H120O6. The first kappa shape index (κ1) is 67.1. The SMILES string of the molecule is CCCCCC/C=C\CCCCCCCC(=O)OCC(COC(=O)CCCCCCCCCCCCCCCCCCCCCCCC)OC(=O)CCCCCCCCCCCCCCCCCC. The fourth-order valence-corrected chi connectivity index (χ4v) is 9.56. The molecule has 69 heavy (non-hydrogen) atoms. The molecule has 408 valence electrons. The van der Waals surface area contributed by atoms with Crippen molar-refractivity contribution in [2.75, 3.05) is 13.2 Å². The molecule has 0 aliphatic carbocycles. The highest BCUT2D eigenvalue weighted by atomic mass is 16.6. The van der Waals surface area contributed by atoms with E-state index in [0.29, 0.717) is 19.3 Å². The van der Waals surface area contributed by atoms with Crippen LogP contribution in [-0.2, 0) is 28.6 Å².